The maximum Gasteiger partial charge on any atom is 0.311 e. The molecule has 24 heavy (non-hydrogen) atoms. The minimum Gasteiger partial charge on any atom is -0.481 e. The van der Waals surface area contributed by atoms with E-state index < -0.39 is 11.4 Å². The molecule has 0 spiro atoms. The van der Waals surface area contributed by atoms with E-state index in [0.29, 0.717) is 12.5 Å². The lowest BCUT2D eigenvalue weighted by atomic mass is 9.81. The summed E-state index contributed by atoms with van der Waals surface area (Å²) in [6, 6.07) is 10.2. The Labute approximate surface area is 141 Å². The van der Waals surface area contributed by atoms with Crippen molar-refractivity contribution < 1.29 is 9.90 Å². The maximum atomic E-state index is 11.8. The molecule has 1 aromatic heterocycles. The Hall–Kier alpha value is -2.14. The van der Waals surface area contributed by atoms with Crippen LogP contribution in [0.4, 0.5) is 0 Å². The van der Waals surface area contributed by atoms with Crippen LogP contribution in [0.3, 0.4) is 0 Å². The fourth-order valence-electron chi connectivity index (χ4n) is 4.56. The number of hydrogen-bond donors (Lipinski definition) is 1. The van der Waals surface area contributed by atoms with Gasteiger partial charge in [0.05, 0.1) is 16.8 Å². The number of carbonyl (C=O) groups is 1. The van der Waals surface area contributed by atoms with Crippen LogP contribution in [0.25, 0.3) is 5.69 Å². The van der Waals surface area contributed by atoms with Gasteiger partial charge in [0, 0.05) is 25.8 Å². The summed E-state index contributed by atoms with van der Waals surface area (Å²) in [6.07, 6.45) is 4.73. The summed E-state index contributed by atoms with van der Waals surface area (Å²) in [7, 11) is 0. The minimum absolute atomic E-state index is 0.296. The molecule has 5 nitrogen and oxygen atoms in total. The number of aromatic nitrogens is 2. The monoisotopic (exact) mass is 325 g/mol. The van der Waals surface area contributed by atoms with Crippen LogP contribution in [0.1, 0.15) is 30.5 Å². The summed E-state index contributed by atoms with van der Waals surface area (Å²) in [5.74, 6) is -0.315. The van der Waals surface area contributed by atoms with Gasteiger partial charge in [-0.25, -0.2) is 4.68 Å². The summed E-state index contributed by atoms with van der Waals surface area (Å²) in [5, 5.41) is 14.2. The number of aryl methyl sites for hydroxylation is 1. The highest BCUT2D eigenvalue weighted by Gasteiger charge is 2.54. The molecule has 0 unspecified atom stereocenters. The predicted molar refractivity (Wildman–Crippen MR) is 91.0 cm³/mol. The second kappa shape index (κ2) is 5.74. The zero-order chi connectivity index (χ0) is 16.7. The van der Waals surface area contributed by atoms with Gasteiger partial charge in [-0.2, -0.15) is 5.10 Å². The van der Waals surface area contributed by atoms with E-state index in [1.807, 2.05) is 29.1 Å². The molecule has 2 aliphatic rings. The van der Waals surface area contributed by atoms with Gasteiger partial charge in [0.1, 0.15) is 0 Å². The molecule has 1 saturated carbocycles. The lowest BCUT2D eigenvalue weighted by Crippen LogP contribution is -2.35. The summed E-state index contributed by atoms with van der Waals surface area (Å²) < 4.78 is 1.98. The number of fused-ring (bicyclic) bond motifs is 1. The summed E-state index contributed by atoms with van der Waals surface area (Å²) >= 11 is 0. The Kier molecular flexibility index (Phi) is 3.68. The van der Waals surface area contributed by atoms with E-state index in [2.05, 4.69) is 29.1 Å². The molecule has 0 amide bonds. The molecule has 126 valence electrons. The van der Waals surface area contributed by atoms with Gasteiger partial charge in [0.15, 0.2) is 0 Å². The van der Waals surface area contributed by atoms with Crippen molar-refractivity contribution in [2.45, 2.75) is 32.7 Å². The number of hydrogen-bond acceptors (Lipinski definition) is 3. The first-order chi connectivity index (χ1) is 11.6. The van der Waals surface area contributed by atoms with Crippen LogP contribution in [0.2, 0.25) is 0 Å². The summed E-state index contributed by atoms with van der Waals surface area (Å²) in [4.78, 5) is 14.1. The second-order valence-electron chi connectivity index (χ2n) is 7.24. The Morgan fingerprint density at radius 2 is 2.21 bits per heavy atom. The molecule has 0 radical (unpaired) electrons. The smallest absolute Gasteiger partial charge is 0.311 e. The fourth-order valence-corrected chi connectivity index (χ4v) is 4.56. The molecular formula is C19H23N3O2. The van der Waals surface area contributed by atoms with Gasteiger partial charge in [0.2, 0.25) is 0 Å². The molecule has 1 saturated heterocycles. The zero-order valence-electron chi connectivity index (χ0n) is 14.0. The van der Waals surface area contributed by atoms with Crippen molar-refractivity contribution in [2.75, 3.05) is 13.1 Å². The van der Waals surface area contributed by atoms with Crippen LogP contribution in [0.5, 0.6) is 0 Å². The maximum absolute atomic E-state index is 11.8. The van der Waals surface area contributed by atoms with Crippen molar-refractivity contribution in [1.29, 1.82) is 0 Å². The van der Waals surface area contributed by atoms with E-state index in [4.69, 9.17) is 0 Å². The van der Waals surface area contributed by atoms with Crippen LogP contribution in [-0.2, 0) is 11.3 Å². The predicted octanol–water partition coefficient (Wildman–Crippen LogP) is 2.87. The van der Waals surface area contributed by atoms with Gasteiger partial charge in [-0.3, -0.25) is 9.69 Å². The van der Waals surface area contributed by atoms with Crippen molar-refractivity contribution in [1.82, 2.24) is 14.7 Å². The van der Waals surface area contributed by atoms with E-state index in [-0.39, 0.29) is 0 Å². The van der Waals surface area contributed by atoms with E-state index in [0.717, 1.165) is 43.7 Å². The molecule has 2 aromatic rings. The van der Waals surface area contributed by atoms with Crippen molar-refractivity contribution in [3.05, 3.63) is 47.8 Å². The molecule has 2 heterocycles. The van der Waals surface area contributed by atoms with Crippen LogP contribution >= 0.6 is 0 Å². The third-order valence-corrected chi connectivity index (χ3v) is 5.82. The first kappa shape index (κ1) is 15.4. The SMILES string of the molecule is Cc1ccccc1-n1nccc1CN1C[C@@H]2CCC[C@@]2(C(=O)O)C1. The van der Waals surface area contributed by atoms with Crippen molar-refractivity contribution in [3.8, 4) is 5.69 Å². The van der Waals surface area contributed by atoms with E-state index in [9.17, 15) is 9.90 Å². The van der Waals surface area contributed by atoms with Crippen LogP contribution < -0.4 is 0 Å². The van der Waals surface area contributed by atoms with E-state index in [1.165, 1.54) is 5.56 Å². The van der Waals surface area contributed by atoms with Crippen LogP contribution in [0, 0.1) is 18.3 Å². The molecule has 1 aromatic carbocycles. The molecule has 1 aliphatic heterocycles. The van der Waals surface area contributed by atoms with Crippen molar-refractivity contribution in [3.63, 3.8) is 0 Å². The van der Waals surface area contributed by atoms with Gasteiger partial charge < -0.3 is 5.11 Å². The zero-order valence-corrected chi connectivity index (χ0v) is 14.0. The Bertz CT molecular complexity index is 769. The highest BCUT2D eigenvalue weighted by atomic mass is 16.4. The number of aliphatic carboxylic acids is 1. The lowest BCUT2D eigenvalue weighted by Gasteiger charge is -2.23. The molecular weight excluding hydrogens is 302 g/mol. The summed E-state index contributed by atoms with van der Waals surface area (Å²) in [5.41, 5.74) is 2.87. The number of likely N-dealkylation sites (tertiary alicyclic amines) is 1. The number of para-hydroxylation sites is 1. The largest absolute Gasteiger partial charge is 0.481 e. The number of benzene rings is 1. The first-order valence-corrected chi connectivity index (χ1v) is 8.65. The Balaban J connectivity index is 1.57. The van der Waals surface area contributed by atoms with Gasteiger partial charge in [-0.05, 0) is 43.4 Å². The number of nitrogens with zero attached hydrogens (tertiary/aromatic N) is 3. The Morgan fingerprint density at radius 1 is 1.38 bits per heavy atom. The van der Waals surface area contributed by atoms with E-state index >= 15 is 0 Å². The summed E-state index contributed by atoms with van der Waals surface area (Å²) in [6.45, 7) is 4.37. The number of carboxylic acid groups (broad SMARTS) is 1. The lowest BCUT2D eigenvalue weighted by molar-refractivity contribution is -0.149. The first-order valence-electron chi connectivity index (χ1n) is 8.65. The number of carboxylic acids is 1. The molecule has 2 fully saturated rings. The van der Waals surface area contributed by atoms with E-state index in [1.54, 1.807) is 0 Å². The van der Waals surface area contributed by atoms with Crippen LogP contribution in [-0.4, -0.2) is 38.8 Å². The third-order valence-electron chi connectivity index (χ3n) is 5.82. The highest BCUT2D eigenvalue weighted by Crippen LogP contribution is 2.49. The topological polar surface area (TPSA) is 58.4 Å². The quantitative estimate of drug-likeness (QED) is 0.939. The molecule has 0 bridgehead atoms. The second-order valence-corrected chi connectivity index (χ2v) is 7.24. The molecule has 5 heteroatoms. The molecule has 2 atom stereocenters. The number of rotatable bonds is 4. The van der Waals surface area contributed by atoms with Crippen LogP contribution in [0.15, 0.2) is 36.5 Å². The van der Waals surface area contributed by atoms with Gasteiger partial charge in [-0.1, -0.05) is 24.6 Å². The van der Waals surface area contributed by atoms with Gasteiger partial charge in [0.25, 0.3) is 0 Å². The molecule has 1 N–H and O–H groups in total. The minimum atomic E-state index is -0.611. The van der Waals surface area contributed by atoms with Crippen molar-refractivity contribution >= 4 is 5.97 Å². The van der Waals surface area contributed by atoms with Gasteiger partial charge in [-0.15, -0.1) is 0 Å². The van der Waals surface area contributed by atoms with Gasteiger partial charge >= 0.3 is 5.97 Å². The third kappa shape index (κ3) is 2.35. The Morgan fingerprint density at radius 3 is 2.96 bits per heavy atom. The molecule has 1 aliphatic carbocycles. The van der Waals surface area contributed by atoms with Crippen molar-refractivity contribution in [2.24, 2.45) is 11.3 Å². The molecule has 4 rings (SSSR count). The fraction of sp³-hybridized carbons (Fsp3) is 0.474. The normalized spacial score (nSPS) is 26.6. The average molecular weight is 325 g/mol. The standard InChI is InChI=1S/C19H23N3O2/c1-14-5-2-3-7-17(14)22-16(8-10-20-22)12-21-11-15-6-4-9-19(15,13-21)18(23)24/h2-3,5,7-8,10,15H,4,6,9,11-13H2,1H3,(H,23,24)/t15-,19+/m0/s1. The highest BCUT2D eigenvalue weighted by molar-refractivity contribution is 5.76. The average Bonchev–Trinajstić information content (AvgIpc) is 3.22.